The number of benzene rings is 1. The number of aryl methyl sites for hydroxylation is 1. The monoisotopic (exact) mass is 265 g/mol. The molecule has 0 spiro atoms. The number of anilines is 1. The lowest BCUT2D eigenvalue weighted by Gasteiger charge is -2.25. The van der Waals surface area contributed by atoms with Gasteiger partial charge >= 0.3 is 0 Å². The van der Waals surface area contributed by atoms with Crippen molar-refractivity contribution in [3.8, 4) is 0 Å². The van der Waals surface area contributed by atoms with E-state index in [0.29, 0.717) is 6.42 Å². The molecule has 0 N–H and O–H groups in total. The second-order valence-electron chi connectivity index (χ2n) is 4.88. The standard InChI is InChI=1S/C15H20ClNO/c16-14-8-7-13(6-5-11-18)15(12-14)17-9-3-1-2-4-10-17/h7-8,11-12H,1-6,9-10H2. The molecule has 98 valence electrons. The van der Waals surface area contributed by atoms with Gasteiger partial charge in [0.2, 0.25) is 0 Å². The second kappa shape index (κ2) is 6.79. The quantitative estimate of drug-likeness (QED) is 0.771. The smallest absolute Gasteiger partial charge is 0.120 e. The predicted molar refractivity (Wildman–Crippen MR) is 76.5 cm³/mol. The molecule has 0 unspecified atom stereocenters. The molecule has 1 aromatic rings. The van der Waals surface area contributed by atoms with Crippen LogP contribution in [0.2, 0.25) is 5.02 Å². The van der Waals surface area contributed by atoms with Gasteiger partial charge in [-0.25, -0.2) is 0 Å². The second-order valence-corrected chi connectivity index (χ2v) is 5.32. The van der Waals surface area contributed by atoms with Crippen LogP contribution in [-0.2, 0) is 11.2 Å². The average Bonchev–Trinajstić information content (AvgIpc) is 2.66. The van der Waals surface area contributed by atoms with E-state index in [2.05, 4.69) is 11.0 Å². The van der Waals surface area contributed by atoms with Crippen LogP contribution in [0.3, 0.4) is 0 Å². The fraction of sp³-hybridized carbons (Fsp3) is 0.533. The van der Waals surface area contributed by atoms with Crippen LogP contribution in [0.4, 0.5) is 5.69 Å². The summed E-state index contributed by atoms with van der Waals surface area (Å²) in [7, 11) is 0. The number of carbonyl (C=O) groups excluding carboxylic acids is 1. The summed E-state index contributed by atoms with van der Waals surface area (Å²) in [6, 6.07) is 6.03. The van der Waals surface area contributed by atoms with Gasteiger partial charge in [0.15, 0.2) is 0 Å². The summed E-state index contributed by atoms with van der Waals surface area (Å²) < 4.78 is 0. The van der Waals surface area contributed by atoms with E-state index in [4.69, 9.17) is 11.6 Å². The molecule has 0 radical (unpaired) electrons. The van der Waals surface area contributed by atoms with Gasteiger partial charge in [-0.3, -0.25) is 0 Å². The Hall–Kier alpha value is -1.02. The Bertz CT molecular complexity index is 397. The molecule has 1 heterocycles. The van der Waals surface area contributed by atoms with Crippen LogP contribution in [-0.4, -0.2) is 19.4 Å². The van der Waals surface area contributed by atoms with Gasteiger partial charge in [0, 0.05) is 30.2 Å². The molecule has 2 rings (SSSR count). The number of aldehydes is 1. The third-order valence-electron chi connectivity index (χ3n) is 3.53. The average molecular weight is 266 g/mol. The Labute approximate surface area is 114 Å². The van der Waals surface area contributed by atoms with Crippen molar-refractivity contribution in [2.45, 2.75) is 38.5 Å². The Morgan fingerprint density at radius 1 is 1.17 bits per heavy atom. The van der Waals surface area contributed by atoms with E-state index in [0.717, 1.165) is 30.8 Å². The van der Waals surface area contributed by atoms with Gasteiger partial charge in [-0.1, -0.05) is 30.5 Å². The van der Waals surface area contributed by atoms with Gasteiger partial charge in [-0.15, -0.1) is 0 Å². The highest BCUT2D eigenvalue weighted by Crippen LogP contribution is 2.28. The molecule has 1 saturated heterocycles. The maximum atomic E-state index is 10.5. The van der Waals surface area contributed by atoms with Crippen molar-refractivity contribution in [2.24, 2.45) is 0 Å². The number of rotatable bonds is 4. The first-order valence-electron chi connectivity index (χ1n) is 6.78. The highest BCUT2D eigenvalue weighted by atomic mass is 35.5. The van der Waals surface area contributed by atoms with E-state index in [1.54, 1.807) is 0 Å². The summed E-state index contributed by atoms with van der Waals surface area (Å²) in [5.41, 5.74) is 2.47. The predicted octanol–water partition coefficient (Wildman–Crippen LogP) is 3.85. The van der Waals surface area contributed by atoms with Crippen LogP contribution >= 0.6 is 11.6 Å². The first kappa shape index (κ1) is 13.4. The maximum Gasteiger partial charge on any atom is 0.120 e. The number of nitrogens with zero attached hydrogens (tertiary/aromatic N) is 1. The number of carbonyl (C=O) groups is 1. The molecule has 1 aliphatic heterocycles. The molecule has 2 nitrogen and oxygen atoms in total. The largest absolute Gasteiger partial charge is 0.371 e. The molecule has 0 atom stereocenters. The molecular weight excluding hydrogens is 246 g/mol. The van der Waals surface area contributed by atoms with Gasteiger partial charge in [0.05, 0.1) is 0 Å². The van der Waals surface area contributed by atoms with Crippen molar-refractivity contribution in [3.63, 3.8) is 0 Å². The highest BCUT2D eigenvalue weighted by Gasteiger charge is 2.13. The molecule has 0 aliphatic carbocycles. The zero-order valence-corrected chi connectivity index (χ0v) is 11.5. The lowest BCUT2D eigenvalue weighted by atomic mass is 10.1. The zero-order chi connectivity index (χ0) is 12.8. The van der Waals surface area contributed by atoms with Crippen LogP contribution in [0.1, 0.15) is 37.7 Å². The summed E-state index contributed by atoms with van der Waals surface area (Å²) in [5, 5.41) is 0.782. The molecule has 18 heavy (non-hydrogen) atoms. The highest BCUT2D eigenvalue weighted by molar-refractivity contribution is 6.30. The van der Waals surface area contributed by atoms with Crippen molar-refractivity contribution in [1.82, 2.24) is 0 Å². The zero-order valence-electron chi connectivity index (χ0n) is 10.7. The fourth-order valence-corrected chi connectivity index (χ4v) is 2.74. The van der Waals surface area contributed by atoms with E-state index in [9.17, 15) is 4.79 Å². The molecule has 0 bridgehead atoms. The Kier molecular flexibility index (Phi) is 5.06. The summed E-state index contributed by atoms with van der Waals surface area (Å²) in [6.45, 7) is 2.21. The first-order chi connectivity index (χ1) is 8.81. The molecule has 0 amide bonds. The van der Waals surface area contributed by atoms with Gasteiger partial charge < -0.3 is 9.69 Å². The molecule has 1 aromatic carbocycles. The number of hydrogen-bond donors (Lipinski definition) is 0. The molecule has 1 fully saturated rings. The van der Waals surface area contributed by atoms with Crippen LogP contribution in [0, 0.1) is 0 Å². The molecule has 0 saturated carbocycles. The van der Waals surface area contributed by atoms with Crippen molar-refractivity contribution in [3.05, 3.63) is 28.8 Å². The summed E-state index contributed by atoms with van der Waals surface area (Å²) in [4.78, 5) is 13.0. The normalized spacial score (nSPS) is 16.4. The molecule has 3 heteroatoms. The number of halogens is 1. The lowest BCUT2D eigenvalue weighted by molar-refractivity contribution is -0.107. The van der Waals surface area contributed by atoms with Gasteiger partial charge in [-0.2, -0.15) is 0 Å². The van der Waals surface area contributed by atoms with Crippen molar-refractivity contribution in [1.29, 1.82) is 0 Å². The van der Waals surface area contributed by atoms with Crippen molar-refractivity contribution >= 4 is 23.6 Å². The molecule has 0 aromatic heterocycles. The van der Waals surface area contributed by atoms with Crippen LogP contribution in [0.25, 0.3) is 0 Å². The minimum absolute atomic E-state index is 0.586. The van der Waals surface area contributed by atoms with Crippen LogP contribution in [0.5, 0.6) is 0 Å². The summed E-state index contributed by atoms with van der Waals surface area (Å²) in [6.07, 6.45) is 7.52. The molecule has 1 aliphatic rings. The topological polar surface area (TPSA) is 20.3 Å². The Morgan fingerprint density at radius 3 is 2.56 bits per heavy atom. The van der Waals surface area contributed by atoms with Crippen molar-refractivity contribution < 1.29 is 4.79 Å². The Balaban J connectivity index is 2.21. The Morgan fingerprint density at radius 2 is 1.89 bits per heavy atom. The number of hydrogen-bond acceptors (Lipinski definition) is 2. The third-order valence-corrected chi connectivity index (χ3v) is 3.76. The van der Waals surface area contributed by atoms with Gasteiger partial charge in [-0.05, 0) is 37.0 Å². The van der Waals surface area contributed by atoms with Gasteiger partial charge in [0.25, 0.3) is 0 Å². The lowest BCUT2D eigenvalue weighted by Crippen LogP contribution is -2.25. The minimum Gasteiger partial charge on any atom is -0.371 e. The van der Waals surface area contributed by atoms with Gasteiger partial charge in [0.1, 0.15) is 6.29 Å². The SMILES string of the molecule is O=CCCc1ccc(Cl)cc1N1CCCCCC1. The van der Waals surface area contributed by atoms with Crippen LogP contribution < -0.4 is 4.90 Å². The van der Waals surface area contributed by atoms with E-state index >= 15 is 0 Å². The summed E-state index contributed by atoms with van der Waals surface area (Å²) >= 11 is 6.11. The van der Waals surface area contributed by atoms with Crippen molar-refractivity contribution in [2.75, 3.05) is 18.0 Å². The van der Waals surface area contributed by atoms with E-state index in [-0.39, 0.29) is 0 Å². The van der Waals surface area contributed by atoms with Crippen LogP contribution in [0.15, 0.2) is 18.2 Å². The summed E-state index contributed by atoms with van der Waals surface area (Å²) in [5.74, 6) is 0. The minimum atomic E-state index is 0.586. The van der Waals surface area contributed by atoms with E-state index < -0.39 is 0 Å². The first-order valence-corrected chi connectivity index (χ1v) is 7.16. The molecular formula is C15H20ClNO. The van der Waals surface area contributed by atoms with E-state index in [1.165, 1.54) is 36.9 Å². The van der Waals surface area contributed by atoms with E-state index in [1.807, 2.05) is 12.1 Å². The maximum absolute atomic E-state index is 10.5. The third kappa shape index (κ3) is 3.49. The fourth-order valence-electron chi connectivity index (χ4n) is 2.57.